The molecule has 4 rings (SSSR count). The molecule has 0 aliphatic heterocycles. The number of hydrogen-bond donors (Lipinski definition) is 1. The smallest absolute Gasteiger partial charge is 0.238 e. The molecule has 0 aliphatic rings. The SMILES string of the molecule is COc1ccc(-c2nc(S(=O)(=O)c3ccccc3)c(Nc3ccc(F)cc3)o2)cc1. The van der Waals surface area contributed by atoms with Gasteiger partial charge in [0, 0.05) is 11.3 Å². The van der Waals surface area contributed by atoms with Crippen molar-refractivity contribution >= 4 is 21.4 Å². The van der Waals surface area contributed by atoms with Gasteiger partial charge in [0.1, 0.15) is 11.6 Å². The third kappa shape index (κ3) is 3.90. The van der Waals surface area contributed by atoms with Gasteiger partial charge in [-0.05, 0) is 60.7 Å². The zero-order valence-corrected chi connectivity index (χ0v) is 16.7. The van der Waals surface area contributed by atoms with Crippen molar-refractivity contribution < 1.29 is 22.0 Å². The molecule has 152 valence electrons. The zero-order valence-electron chi connectivity index (χ0n) is 15.9. The van der Waals surface area contributed by atoms with E-state index >= 15 is 0 Å². The number of methoxy groups -OCH3 is 1. The lowest BCUT2D eigenvalue weighted by Crippen LogP contribution is -2.05. The molecule has 0 aliphatic carbocycles. The summed E-state index contributed by atoms with van der Waals surface area (Å²) >= 11 is 0. The molecule has 0 saturated carbocycles. The molecule has 0 amide bonds. The highest BCUT2D eigenvalue weighted by molar-refractivity contribution is 7.91. The Morgan fingerprint density at radius 1 is 0.933 bits per heavy atom. The van der Waals surface area contributed by atoms with E-state index in [1.165, 1.54) is 36.4 Å². The summed E-state index contributed by atoms with van der Waals surface area (Å²) < 4.78 is 50.6. The fourth-order valence-electron chi connectivity index (χ4n) is 2.80. The number of oxazole rings is 1. The van der Waals surface area contributed by atoms with Crippen LogP contribution in [0.5, 0.6) is 5.75 Å². The van der Waals surface area contributed by atoms with Gasteiger partial charge in [0.05, 0.1) is 12.0 Å². The van der Waals surface area contributed by atoms with Gasteiger partial charge in [0.15, 0.2) is 0 Å². The number of benzene rings is 3. The Hall–Kier alpha value is -3.65. The largest absolute Gasteiger partial charge is 0.497 e. The van der Waals surface area contributed by atoms with Crippen LogP contribution in [-0.2, 0) is 9.84 Å². The number of nitrogens with one attached hydrogen (secondary N) is 1. The molecule has 0 fully saturated rings. The van der Waals surface area contributed by atoms with Crippen molar-refractivity contribution in [3.05, 3.63) is 84.7 Å². The number of nitrogens with zero attached hydrogens (tertiary/aromatic N) is 1. The standard InChI is InChI=1S/C22H17FN2O4S/c1-28-18-13-7-15(8-14-18)20-25-22(30(26,27)19-5-3-2-4-6-19)21(29-20)24-17-11-9-16(23)10-12-17/h2-14,24H,1H3. The second-order valence-corrected chi connectivity index (χ2v) is 8.20. The van der Waals surface area contributed by atoms with E-state index in [0.29, 0.717) is 17.0 Å². The molecule has 30 heavy (non-hydrogen) atoms. The first-order valence-corrected chi connectivity index (χ1v) is 10.4. The number of hydrogen-bond acceptors (Lipinski definition) is 6. The fraction of sp³-hybridized carbons (Fsp3) is 0.0455. The van der Waals surface area contributed by atoms with E-state index in [1.54, 1.807) is 49.6 Å². The normalized spacial score (nSPS) is 11.3. The Morgan fingerprint density at radius 2 is 1.60 bits per heavy atom. The first kappa shape index (κ1) is 19.7. The van der Waals surface area contributed by atoms with Gasteiger partial charge in [-0.25, -0.2) is 12.8 Å². The minimum atomic E-state index is -3.96. The highest BCUT2D eigenvalue weighted by atomic mass is 32.2. The second-order valence-electron chi connectivity index (χ2n) is 6.33. The predicted octanol–water partition coefficient (Wildman–Crippen LogP) is 5.07. The third-order valence-corrected chi connectivity index (χ3v) is 6.02. The van der Waals surface area contributed by atoms with Crippen LogP contribution in [0.15, 0.2) is 93.2 Å². The van der Waals surface area contributed by atoms with Crippen LogP contribution < -0.4 is 10.1 Å². The van der Waals surface area contributed by atoms with Crippen molar-refractivity contribution in [3.8, 4) is 17.2 Å². The first-order chi connectivity index (χ1) is 14.5. The lowest BCUT2D eigenvalue weighted by Gasteiger charge is -2.06. The van der Waals surface area contributed by atoms with Crippen molar-refractivity contribution in [1.29, 1.82) is 0 Å². The highest BCUT2D eigenvalue weighted by Crippen LogP contribution is 2.34. The van der Waals surface area contributed by atoms with Crippen LogP contribution in [-0.4, -0.2) is 20.5 Å². The van der Waals surface area contributed by atoms with Gasteiger partial charge >= 0.3 is 0 Å². The summed E-state index contributed by atoms with van der Waals surface area (Å²) in [5.41, 5.74) is 1.03. The molecule has 0 saturated heterocycles. The quantitative estimate of drug-likeness (QED) is 0.466. The zero-order chi connectivity index (χ0) is 21.1. The monoisotopic (exact) mass is 424 g/mol. The second kappa shape index (κ2) is 8.00. The van der Waals surface area contributed by atoms with Gasteiger partial charge in [0.2, 0.25) is 26.6 Å². The molecule has 1 aromatic heterocycles. The molecule has 8 heteroatoms. The van der Waals surface area contributed by atoms with Gasteiger partial charge in [-0.15, -0.1) is 0 Å². The molecule has 0 unspecified atom stereocenters. The minimum Gasteiger partial charge on any atom is -0.497 e. The summed E-state index contributed by atoms with van der Waals surface area (Å²) in [5.74, 6) is 0.300. The maximum Gasteiger partial charge on any atom is 0.238 e. The van der Waals surface area contributed by atoms with Gasteiger partial charge in [-0.1, -0.05) is 18.2 Å². The van der Waals surface area contributed by atoms with Gasteiger partial charge in [-0.3, -0.25) is 0 Å². The molecular weight excluding hydrogens is 407 g/mol. The summed E-state index contributed by atoms with van der Waals surface area (Å²) in [5, 5.41) is 2.63. The van der Waals surface area contributed by atoms with Crippen molar-refractivity contribution in [2.24, 2.45) is 0 Å². The lowest BCUT2D eigenvalue weighted by atomic mass is 10.2. The molecule has 0 atom stereocenters. The molecule has 4 aromatic rings. The van der Waals surface area contributed by atoms with Crippen LogP contribution >= 0.6 is 0 Å². The Bertz CT molecular complexity index is 1250. The number of rotatable bonds is 6. The summed E-state index contributed by atoms with van der Waals surface area (Å²) in [6, 6.07) is 20.3. The van der Waals surface area contributed by atoms with E-state index in [2.05, 4.69) is 10.3 Å². The van der Waals surface area contributed by atoms with Crippen molar-refractivity contribution in [2.75, 3.05) is 12.4 Å². The molecule has 1 heterocycles. The fourth-order valence-corrected chi connectivity index (χ4v) is 4.08. The molecule has 0 radical (unpaired) electrons. The van der Waals surface area contributed by atoms with Crippen LogP contribution in [0, 0.1) is 5.82 Å². The maximum atomic E-state index is 13.2. The van der Waals surface area contributed by atoms with Crippen LogP contribution in [0.3, 0.4) is 0 Å². The van der Waals surface area contributed by atoms with E-state index in [0.717, 1.165) is 0 Å². The molecule has 6 nitrogen and oxygen atoms in total. The molecule has 3 aromatic carbocycles. The highest BCUT2D eigenvalue weighted by Gasteiger charge is 2.28. The van der Waals surface area contributed by atoms with Crippen LogP contribution in [0.25, 0.3) is 11.5 Å². The number of aromatic nitrogens is 1. The van der Waals surface area contributed by atoms with Crippen LogP contribution in [0.2, 0.25) is 0 Å². The lowest BCUT2D eigenvalue weighted by molar-refractivity contribution is 0.415. The summed E-state index contributed by atoms with van der Waals surface area (Å²) in [7, 11) is -2.41. The average molecular weight is 424 g/mol. The van der Waals surface area contributed by atoms with E-state index < -0.39 is 15.7 Å². The average Bonchev–Trinajstić information content (AvgIpc) is 3.20. The third-order valence-electron chi connectivity index (χ3n) is 4.34. The number of anilines is 2. The summed E-state index contributed by atoms with van der Waals surface area (Å²) in [6.07, 6.45) is 0. The maximum absolute atomic E-state index is 13.2. The number of halogens is 1. The number of sulfone groups is 1. The Balaban J connectivity index is 1.81. The van der Waals surface area contributed by atoms with Gasteiger partial charge in [0.25, 0.3) is 0 Å². The molecule has 0 spiro atoms. The topological polar surface area (TPSA) is 81.4 Å². The first-order valence-electron chi connectivity index (χ1n) is 8.95. The van der Waals surface area contributed by atoms with Crippen LogP contribution in [0.1, 0.15) is 0 Å². The van der Waals surface area contributed by atoms with Gasteiger partial charge in [-0.2, -0.15) is 4.98 Å². The molecular formula is C22H17FN2O4S. The van der Waals surface area contributed by atoms with E-state index in [4.69, 9.17) is 9.15 Å². The Labute approximate surface area is 172 Å². The molecule has 0 bridgehead atoms. The predicted molar refractivity (Wildman–Crippen MR) is 110 cm³/mol. The van der Waals surface area contributed by atoms with Crippen molar-refractivity contribution in [3.63, 3.8) is 0 Å². The van der Waals surface area contributed by atoms with Crippen molar-refractivity contribution in [2.45, 2.75) is 9.92 Å². The number of ether oxygens (including phenoxy) is 1. The minimum absolute atomic E-state index is 0.0590. The van der Waals surface area contributed by atoms with E-state index in [9.17, 15) is 12.8 Å². The van der Waals surface area contributed by atoms with E-state index in [-0.39, 0.29) is 21.7 Å². The van der Waals surface area contributed by atoms with Gasteiger partial charge < -0.3 is 14.5 Å². The molecule has 1 N–H and O–H groups in total. The summed E-state index contributed by atoms with van der Waals surface area (Å²) in [6.45, 7) is 0. The summed E-state index contributed by atoms with van der Waals surface area (Å²) in [4.78, 5) is 4.35. The Kier molecular flexibility index (Phi) is 5.24. The Morgan fingerprint density at radius 3 is 2.23 bits per heavy atom. The van der Waals surface area contributed by atoms with Crippen LogP contribution in [0.4, 0.5) is 16.0 Å². The van der Waals surface area contributed by atoms with E-state index in [1.807, 2.05) is 0 Å². The van der Waals surface area contributed by atoms with Crippen molar-refractivity contribution in [1.82, 2.24) is 4.98 Å².